The highest BCUT2D eigenvalue weighted by Gasteiger charge is 2.12. The van der Waals surface area contributed by atoms with Gasteiger partial charge in [-0.1, -0.05) is 35.3 Å². The van der Waals surface area contributed by atoms with E-state index < -0.39 is 0 Å². The molecule has 0 saturated carbocycles. The highest BCUT2D eigenvalue weighted by atomic mass is 35.5. The zero-order valence-electron chi connectivity index (χ0n) is 12.7. The normalized spacial score (nSPS) is 11.8. The topological polar surface area (TPSA) is 46.2 Å². The Morgan fingerprint density at radius 1 is 1.00 bits per heavy atom. The van der Waals surface area contributed by atoms with E-state index >= 15 is 0 Å². The predicted molar refractivity (Wildman–Crippen MR) is 93.0 cm³/mol. The summed E-state index contributed by atoms with van der Waals surface area (Å²) in [5.41, 5.74) is 1.49. The maximum Gasteiger partial charge on any atom is 0.220 e. The van der Waals surface area contributed by atoms with Crippen molar-refractivity contribution in [2.45, 2.75) is 25.8 Å². The van der Waals surface area contributed by atoms with Crippen molar-refractivity contribution in [3.63, 3.8) is 0 Å². The van der Waals surface area contributed by atoms with Crippen molar-refractivity contribution in [3.05, 3.63) is 69.7 Å². The summed E-state index contributed by atoms with van der Waals surface area (Å²) >= 11 is 11.7. The van der Waals surface area contributed by atoms with Crippen LogP contribution in [0.15, 0.2) is 48.5 Å². The van der Waals surface area contributed by atoms with Gasteiger partial charge in [0.2, 0.25) is 5.91 Å². The fourth-order valence-corrected chi connectivity index (χ4v) is 2.50. The molecule has 1 N–H and O–H groups in total. The van der Waals surface area contributed by atoms with Crippen molar-refractivity contribution < 1.29 is 9.59 Å². The molecular formula is C18H17Cl2NO2. The molecule has 2 aromatic rings. The molecule has 1 atom stereocenters. The lowest BCUT2D eigenvalue weighted by atomic mass is 10.1. The fourth-order valence-electron chi connectivity index (χ4n) is 2.18. The van der Waals surface area contributed by atoms with Gasteiger partial charge in [0, 0.05) is 28.5 Å². The van der Waals surface area contributed by atoms with Gasteiger partial charge in [0.05, 0.1) is 6.04 Å². The molecule has 0 aliphatic carbocycles. The SMILES string of the molecule is CC(NC(=O)CCC(=O)c1ccc(Cl)cc1)c1cccc(Cl)c1. The first kappa shape index (κ1) is 17.5. The van der Waals surface area contributed by atoms with Crippen molar-refractivity contribution in [1.29, 1.82) is 0 Å². The minimum atomic E-state index is -0.167. The van der Waals surface area contributed by atoms with Gasteiger partial charge in [0.1, 0.15) is 0 Å². The molecule has 0 heterocycles. The van der Waals surface area contributed by atoms with E-state index in [-0.39, 0.29) is 30.6 Å². The van der Waals surface area contributed by atoms with E-state index in [4.69, 9.17) is 23.2 Å². The average molecular weight is 350 g/mol. The van der Waals surface area contributed by atoms with Crippen molar-refractivity contribution in [2.24, 2.45) is 0 Å². The van der Waals surface area contributed by atoms with Crippen molar-refractivity contribution >= 4 is 34.9 Å². The van der Waals surface area contributed by atoms with Gasteiger partial charge in [-0.3, -0.25) is 9.59 Å². The number of carbonyl (C=O) groups excluding carboxylic acids is 2. The first-order valence-corrected chi connectivity index (χ1v) is 8.05. The Balaban J connectivity index is 1.85. The Morgan fingerprint density at radius 2 is 1.70 bits per heavy atom. The van der Waals surface area contributed by atoms with Crippen molar-refractivity contribution in [3.8, 4) is 0 Å². The molecule has 0 aromatic heterocycles. The van der Waals surface area contributed by atoms with Gasteiger partial charge in [0.25, 0.3) is 0 Å². The average Bonchev–Trinajstić information content (AvgIpc) is 2.53. The van der Waals surface area contributed by atoms with Crippen LogP contribution in [-0.4, -0.2) is 11.7 Å². The molecule has 23 heavy (non-hydrogen) atoms. The lowest BCUT2D eigenvalue weighted by molar-refractivity contribution is -0.121. The molecule has 0 spiro atoms. The predicted octanol–water partition coefficient (Wildman–Crippen LogP) is 4.83. The molecule has 5 heteroatoms. The van der Waals surface area contributed by atoms with E-state index in [2.05, 4.69) is 5.32 Å². The zero-order chi connectivity index (χ0) is 16.8. The van der Waals surface area contributed by atoms with E-state index in [1.165, 1.54) is 0 Å². The molecule has 3 nitrogen and oxygen atoms in total. The molecule has 0 radical (unpaired) electrons. The fraction of sp³-hybridized carbons (Fsp3) is 0.222. The molecule has 2 aromatic carbocycles. The maximum atomic E-state index is 12.0. The van der Waals surface area contributed by atoms with Crippen LogP contribution in [0.3, 0.4) is 0 Å². The summed E-state index contributed by atoms with van der Waals surface area (Å²) in [5.74, 6) is -0.244. The molecule has 0 aliphatic rings. The summed E-state index contributed by atoms with van der Waals surface area (Å²) < 4.78 is 0. The van der Waals surface area contributed by atoms with Crippen LogP contribution in [0.1, 0.15) is 41.7 Å². The summed E-state index contributed by atoms with van der Waals surface area (Å²) in [7, 11) is 0. The standard InChI is InChI=1S/C18H17Cl2NO2/c1-12(14-3-2-4-16(20)11-14)21-18(23)10-9-17(22)13-5-7-15(19)8-6-13/h2-8,11-12H,9-10H2,1H3,(H,21,23). The number of hydrogen-bond donors (Lipinski definition) is 1. The summed E-state index contributed by atoms with van der Waals surface area (Å²) in [6.07, 6.45) is 0.308. The van der Waals surface area contributed by atoms with Gasteiger partial charge in [0.15, 0.2) is 5.78 Å². The Morgan fingerprint density at radius 3 is 2.35 bits per heavy atom. The van der Waals surface area contributed by atoms with Crippen LogP contribution in [0.4, 0.5) is 0 Å². The van der Waals surface area contributed by atoms with Gasteiger partial charge < -0.3 is 5.32 Å². The van der Waals surface area contributed by atoms with Crippen LogP contribution in [0, 0.1) is 0 Å². The van der Waals surface area contributed by atoms with Gasteiger partial charge in [-0.05, 0) is 48.9 Å². The van der Waals surface area contributed by atoms with Gasteiger partial charge >= 0.3 is 0 Å². The van der Waals surface area contributed by atoms with Crippen LogP contribution >= 0.6 is 23.2 Å². The van der Waals surface area contributed by atoms with Crippen LogP contribution in [-0.2, 0) is 4.79 Å². The van der Waals surface area contributed by atoms with Crippen molar-refractivity contribution in [1.82, 2.24) is 5.32 Å². The second kappa shape index (κ2) is 8.14. The van der Waals surface area contributed by atoms with Gasteiger partial charge in [-0.15, -0.1) is 0 Å². The van der Waals surface area contributed by atoms with E-state index in [0.717, 1.165) is 5.56 Å². The first-order valence-electron chi connectivity index (χ1n) is 7.29. The zero-order valence-corrected chi connectivity index (χ0v) is 14.2. The number of rotatable bonds is 6. The highest BCUT2D eigenvalue weighted by Crippen LogP contribution is 2.17. The molecule has 1 unspecified atom stereocenters. The molecule has 120 valence electrons. The number of hydrogen-bond acceptors (Lipinski definition) is 2. The largest absolute Gasteiger partial charge is 0.350 e. The second-order valence-corrected chi connectivity index (χ2v) is 6.15. The third-order valence-electron chi connectivity index (χ3n) is 3.47. The number of carbonyl (C=O) groups is 2. The molecule has 1 amide bonds. The summed E-state index contributed by atoms with van der Waals surface area (Å²) in [5, 5.41) is 4.07. The number of Topliss-reactive ketones (excluding diaryl/α,β-unsaturated/α-hetero) is 1. The van der Waals surface area contributed by atoms with Crippen LogP contribution < -0.4 is 5.32 Å². The summed E-state index contributed by atoms with van der Waals surface area (Å²) in [4.78, 5) is 24.0. The number of nitrogens with one attached hydrogen (secondary N) is 1. The van der Waals surface area contributed by atoms with E-state index in [9.17, 15) is 9.59 Å². The molecular weight excluding hydrogens is 333 g/mol. The molecule has 0 aliphatic heterocycles. The monoisotopic (exact) mass is 349 g/mol. The third-order valence-corrected chi connectivity index (χ3v) is 3.96. The molecule has 0 saturated heterocycles. The Kier molecular flexibility index (Phi) is 6.20. The second-order valence-electron chi connectivity index (χ2n) is 5.27. The smallest absolute Gasteiger partial charge is 0.220 e. The van der Waals surface area contributed by atoms with Crippen LogP contribution in [0.5, 0.6) is 0 Å². The highest BCUT2D eigenvalue weighted by molar-refractivity contribution is 6.30. The van der Waals surface area contributed by atoms with Crippen LogP contribution in [0.25, 0.3) is 0 Å². The number of amides is 1. The number of halogens is 2. The van der Waals surface area contributed by atoms with Crippen molar-refractivity contribution in [2.75, 3.05) is 0 Å². The Bertz CT molecular complexity index is 698. The molecule has 0 bridgehead atoms. The van der Waals surface area contributed by atoms with E-state index in [1.807, 2.05) is 25.1 Å². The first-order chi connectivity index (χ1) is 11.0. The minimum absolute atomic E-state index is 0.0766. The third kappa shape index (κ3) is 5.38. The maximum absolute atomic E-state index is 12.0. The summed E-state index contributed by atoms with van der Waals surface area (Å²) in [6, 6.07) is 13.8. The van der Waals surface area contributed by atoms with Gasteiger partial charge in [-0.2, -0.15) is 0 Å². The lowest BCUT2D eigenvalue weighted by Gasteiger charge is -2.14. The van der Waals surface area contributed by atoms with E-state index in [0.29, 0.717) is 15.6 Å². The van der Waals surface area contributed by atoms with E-state index in [1.54, 1.807) is 30.3 Å². The number of benzene rings is 2. The Hall–Kier alpha value is -1.84. The molecule has 2 rings (SSSR count). The van der Waals surface area contributed by atoms with Gasteiger partial charge in [-0.25, -0.2) is 0 Å². The quantitative estimate of drug-likeness (QED) is 0.758. The van der Waals surface area contributed by atoms with Crippen LogP contribution in [0.2, 0.25) is 10.0 Å². The Labute approximate surface area is 145 Å². The summed E-state index contributed by atoms with van der Waals surface area (Å²) in [6.45, 7) is 1.88. The lowest BCUT2D eigenvalue weighted by Crippen LogP contribution is -2.26. The number of ketones is 1. The molecule has 0 fully saturated rings. The minimum Gasteiger partial charge on any atom is -0.350 e.